The third kappa shape index (κ3) is 4.92. The van der Waals surface area contributed by atoms with Crippen molar-refractivity contribution in [1.82, 2.24) is 15.4 Å². The van der Waals surface area contributed by atoms with Crippen molar-refractivity contribution in [2.24, 2.45) is 0 Å². The van der Waals surface area contributed by atoms with E-state index < -0.39 is 17.0 Å². The standard InChI is InChI=1S/C20H20FN3O4S/c1-12-15(13(2)28-23-12)7-8-18(25)22-9-10-24-19(26)17(29-20(24)27)11-14-5-3-4-6-16(14)21/h3-6,11H,7-10H2,1-2H3,(H,22,25). The van der Waals surface area contributed by atoms with E-state index in [0.717, 1.165) is 27.9 Å². The number of hydrogen-bond acceptors (Lipinski definition) is 6. The number of thioether (sulfide) groups is 1. The number of rotatable bonds is 7. The molecule has 0 saturated carbocycles. The first kappa shape index (κ1) is 20.8. The third-order valence-corrected chi connectivity index (χ3v) is 5.41. The summed E-state index contributed by atoms with van der Waals surface area (Å²) >= 11 is 0.758. The highest BCUT2D eigenvalue weighted by atomic mass is 32.2. The summed E-state index contributed by atoms with van der Waals surface area (Å²) in [6.07, 6.45) is 2.11. The van der Waals surface area contributed by atoms with Crippen molar-refractivity contribution in [2.75, 3.05) is 13.1 Å². The van der Waals surface area contributed by atoms with E-state index in [2.05, 4.69) is 10.5 Å². The molecular formula is C20H20FN3O4S. The lowest BCUT2D eigenvalue weighted by Crippen LogP contribution is -2.37. The average Bonchev–Trinajstić information content (AvgIpc) is 3.14. The van der Waals surface area contributed by atoms with Gasteiger partial charge in [0.05, 0.1) is 10.6 Å². The number of carbonyl (C=O) groups is 3. The zero-order valence-electron chi connectivity index (χ0n) is 16.0. The van der Waals surface area contributed by atoms with E-state index in [1.165, 1.54) is 18.2 Å². The van der Waals surface area contributed by atoms with E-state index in [1.54, 1.807) is 19.1 Å². The molecule has 1 aliphatic rings. The van der Waals surface area contributed by atoms with Gasteiger partial charge in [-0.1, -0.05) is 23.4 Å². The fourth-order valence-corrected chi connectivity index (χ4v) is 3.77. The van der Waals surface area contributed by atoms with Crippen LogP contribution in [-0.4, -0.2) is 40.2 Å². The van der Waals surface area contributed by atoms with E-state index in [4.69, 9.17) is 4.52 Å². The largest absolute Gasteiger partial charge is 0.361 e. The maximum atomic E-state index is 13.8. The first-order chi connectivity index (χ1) is 13.9. The van der Waals surface area contributed by atoms with Gasteiger partial charge in [0.25, 0.3) is 11.1 Å². The second kappa shape index (κ2) is 9.04. The molecule has 3 rings (SSSR count). The number of benzene rings is 1. The number of nitrogens with zero attached hydrogens (tertiary/aromatic N) is 2. The maximum Gasteiger partial charge on any atom is 0.293 e. The molecule has 1 N–H and O–H groups in total. The Kier molecular flexibility index (Phi) is 6.48. The van der Waals surface area contributed by atoms with Crippen LogP contribution < -0.4 is 5.32 Å². The topological polar surface area (TPSA) is 92.5 Å². The van der Waals surface area contributed by atoms with E-state index in [-0.39, 0.29) is 35.9 Å². The van der Waals surface area contributed by atoms with E-state index >= 15 is 0 Å². The van der Waals surface area contributed by atoms with Crippen molar-refractivity contribution < 1.29 is 23.3 Å². The zero-order valence-corrected chi connectivity index (χ0v) is 16.8. The van der Waals surface area contributed by atoms with Crippen LogP contribution in [0.2, 0.25) is 0 Å². The van der Waals surface area contributed by atoms with Gasteiger partial charge in [-0.15, -0.1) is 0 Å². The third-order valence-electron chi connectivity index (χ3n) is 4.51. The molecule has 0 aliphatic carbocycles. The lowest BCUT2D eigenvalue weighted by Gasteiger charge is -2.13. The van der Waals surface area contributed by atoms with Crippen LogP contribution in [-0.2, 0) is 16.0 Å². The van der Waals surface area contributed by atoms with Crippen molar-refractivity contribution in [3.8, 4) is 0 Å². The summed E-state index contributed by atoms with van der Waals surface area (Å²) in [7, 11) is 0. The highest BCUT2D eigenvalue weighted by Gasteiger charge is 2.34. The fraction of sp³-hybridized carbons (Fsp3) is 0.300. The van der Waals surface area contributed by atoms with Gasteiger partial charge in [0.1, 0.15) is 11.6 Å². The molecule has 0 radical (unpaired) electrons. The van der Waals surface area contributed by atoms with Crippen molar-refractivity contribution >= 4 is 34.9 Å². The molecule has 0 spiro atoms. The predicted octanol–water partition coefficient (Wildman–Crippen LogP) is 3.22. The molecule has 1 aliphatic heterocycles. The Bertz CT molecular complexity index is 966. The quantitative estimate of drug-likeness (QED) is 0.696. The number of amides is 3. The van der Waals surface area contributed by atoms with Crippen LogP contribution in [0, 0.1) is 19.7 Å². The van der Waals surface area contributed by atoms with Crippen molar-refractivity contribution in [3.05, 3.63) is 57.6 Å². The first-order valence-electron chi connectivity index (χ1n) is 9.05. The number of imide groups is 1. The Morgan fingerprint density at radius 3 is 2.76 bits per heavy atom. The number of hydrogen-bond donors (Lipinski definition) is 1. The molecule has 1 aromatic heterocycles. The van der Waals surface area contributed by atoms with Crippen LogP contribution in [0.1, 0.15) is 29.0 Å². The van der Waals surface area contributed by atoms with Crippen molar-refractivity contribution in [3.63, 3.8) is 0 Å². The van der Waals surface area contributed by atoms with Gasteiger partial charge in [-0.2, -0.15) is 0 Å². The molecule has 152 valence electrons. The van der Waals surface area contributed by atoms with Gasteiger partial charge in [0.15, 0.2) is 0 Å². The highest BCUT2D eigenvalue weighted by Crippen LogP contribution is 2.32. The number of carbonyl (C=O) groups excluding carboxylic acids is 3. The normalized spacial score (nSPS) is 15.4. The summed E-state index contributed by atoms with van der Waals surface area (Å²) in [5.41, 5.74) is 1.91. The van der Waals surface area contributed by atoms with Gasteiger partial charge in [-0.05, 0) is 44.2 Å². The molecule has 0 unspecified atom stereocenters. The highest BCUT2D eigenvalue weighted by molar-refractivity contribution is 8.18. The Morgan fingerprint density at radius 2 is 2.07 bits per heavy atom. The van der Waals surface area contributed by atoms with E-state index in [0.29, 0.717) is 12.2 Å². The van der Waals surface area contributed by atoms with Gasteiger partial charge in [-0.25, -0.2) is 4.39 Å². The lowest BCUT2D eigenvalue weighted by atomic mass is 10.1. The Hall–Kier alpha value is -2.94. The van der Waals surface area contributed by atoms with Crippen molar-refractivity contribution in [1.29, 1.82) is 0 Å². The van der Waals surface area contributed by atoms with Crippen LogP contribution in [0.4, 0.5) is 9.18 Å². The molecule has 2 aromatic rings. The molecule has 9 heteroatoms. The molecule has 29 heavy (non-hydrogen) atoms. The SMILES string of the molecule is Cc1noc(C)c1CCC(=O)NCCN1C(=O)SC(=Cc2ccccc2F)C1=O. The van der Waals surface area contributed by atoms with E-state index in [9.17, 15) is 18.8 Å². The minimum Gasteiger partial charge on any atom is -0.361 e. The van der Waals surface area contributed by atoms with Gasteiger partial charge in [0.2, 0.25) is 5.91 Å². The number of halogens is 1. The second-order valence-corrected chi connectivity index (χ2v) is 7.50. The summed E-state index contributed by atoms with van der Waals surface area (Å²) in [4.78, 5) is 37.8. The van der Waals surface area contributed by atoms with Crippen LogP contribution in [0.5, 0.6) is 0 Å². The Morgan fingerprint density at radius 1 is 1.31 bits per heavy atom. The van der Waals surface area contributed by atoms with E-state index in [1.807, 2.05) is 6.92 Å². The van der Waals surface area contributed by atoms with Crippen LogP contribution in [0.15, 0.2) is 33.7 Å². The van der Waals surface area contributed by atoms with Crippen LogP contribution >= 0.6 is 11.8 Å². The van der Waals surface area contributed by atoms with Gasteiger partial charge >= 0.3 is 0 Å². The summed E-state index contributed by atoms with van der Waals surface area (Å²) in [5, 5.41) is 6.11. The maximum absolute atomic E-state index is 13.8. The summed E-state index contributed by atoms with van der Waals surface area (Å²) in [6.45, 7) is 3.81. The smallest absolute Gasteiger partial charge is 0.293 e. The Labute approximate surface area is 171 Å². The fourth-order valence-electron chi connectivity index (χ4n) is 2.92. The second-order valence-electron chi connectivity index (χ2n) is 6.51. The minimum atomic E-state index is -0.492. The average molecular weight is 417 g/mol. The molecule has 2 heterocycles. The molecule has 3 amide bonds. The number of aromatic nitrogens is 1. The summed E-state index contributed by atoms with van der Waals surface area (Å²) in [6, 6.07) is 6.01. The molecule has 1 aromatic carbocycles. The number of nitrogens with one attached hydrogen (secondary N) is 1. The molecule has 0 atom stereocenters. The van der Waals surface area contributed by atoms with Crippen LogP contribution in [0.3, 0.4) is 0 Å². The monoisotopic (exact) mass is 417 g/mol. The first-order valence-corrected chi connectivity index (χ1v) is 9.87. The molecule has 0 bridgehead atoms. The lowest BCUT2D eigenvalue weighted by molar-refractivity contribution is -0.124. The molecule has 7 nitrogen and oxygen atoms in total. The van der Waals surface area contributed by atoms with Gasteiger partial charge < -0.3 is 9.84 Å². The summed E-state index contributed by atoms with van der Waals surface area (Å²) < 4.78 is 18.8. The summed E-state index contributed by atoms with van der Waals surface area (Å²) in [5.74, 6) is -0.466. The predicted molar refractivity (Wildman–Crippen MR) is 106 cm³/mol. The minimum absolute atomic E-state index is 0.0519. The Balaban J connectivity index is 1.50. The van der Waals surface area contributed by atoms with Gasteiger partial charge in [-0.3, -0.25) is 19.3 Å². The molecule has 1 fully saturated rings. The number of aryl methyl sites for hydroxylation is 2. The van der Waals surface area contributed by atoms with Crippen molar-refractivity contribution in [2.45, 2.75) is 26.7 Å². The van der Waals surface area contributed by atoms with Crippen LogP contribution in [0.25, 0.3) is 6.08 Å². The van der Waals surface area contributed by atoms with Gasteiger partial charge in [0, 0.05) is 30.6 Å². The molecule has 1 saturated heterocycles. The zero-order chi connectivity index (χ0) is 21.0. The molecular weight excluding hydrogens is 397 g/mol.